The van der Waals surface area contributed by atoms with Gasteiger partial charge in [-0.3, -0.25) is 0 Å². The van der Waals surface area contributed by atoms with Crippen molar-refractivity contribution in [2.45, 2.75) is 38.2 Å². The minimum absolute atomic E-state index is 0.0236. The molecule has 1 aliphatic rings. The van der Waals surface area contributed by atoms with Crippen molar-refractivity contribution in [1.29, 1.82) is 0 Å². The van der Waals surface area contributed by atoms with Crippen LogP contribution in [-0.4, -0.2) is 36.5 Å². The third kappa shape index (κ3) is 5.18. The number of ether oxygens (including phenoxy) is 1. The lowest BCUT2D eigenvalue weighted by atomic mass is 9.87. The summed E-state index contributed by atoms with van der Waals surface area (Å²) >= 11 is 3.36. The standard InChI is InChI=1S/C15H21BrF2N2O/c1-20(2)9-12-13(3-4-14(16)19-12)21-10-11-5-7-15(17,18)8-6-11/h3-4,11H,5-10H2,1-2H3. The first kappa shape index (κ1) is 16.6. The van der Waals surface area contributed by atoms with Gasteiger partial charge in [-0.05, 0) is 60.9 Å². The minimum atomic E-state index is -2.48. The van der Waals surface area contributed by atoms with Crippen LogP contribution in [0.25, 0.3) is 0 Å². The van der Waals surface area contributed by atoms with E-state index in [9.17, 15) is 8.78 Å². The first-order valence-corrected chi connectivity index (χ1v) is 7.96. The van der Waals surface area contributed by atoms with Crippen LogP contribution < -0.4 is 4.74 Å². The molecule has 0 unspecified atom stereocenters. The molecule has 0 bridgehead atoms. The number of hydrogen-bond acceptors (Lipinski definition) is 3. The third-order valence-electron chi connectivity index (χ3n) is 3.68. The molecule has 0 atom stereocenters. The number of rotatable bonds is 5. The van der Waals surface area contributed by atoms with Crippen LogP contribution in [0.4, 0.5) is 8.78 Å². The molecule has 1 heterocycles. The van der Waals surface area contributed by atoms with Crippen LogP contribution in [0.3, 0.4) is 0 Å². The zero-order chi connectivity index (χ0) is 15.5. The molecule has 1 aromatic rings. The summed E-state index contributed by atoms with van der Waals surface area (Å²) in [6, 6.07) is 3.72. The predicted molar refractivity (Wildman–Crippen MR) is 81.7 cm³/mol. The van der Waals surface area contributed by atoms with Crippen molar-refractivity contribution in [2.24, 2.45) is 5.92 Å². The van der Waals surface area contributed by atoms with E-state index >= 15 is 0 Å². The van der Waals surface area contributed by atoms with Gasteiger partial charge in [-0.25, -0.2) is 13.8 Å². The molecule has 1 aliphatic carbocycles. The Kier molecular flexibility index (Phi) is 5.54. The van der Waals surface area contributed by atoms with Crippen LogP contribution in [0.5, 0.6) is 5.75 Å². The Morgan fingerprint density at radius 1 is 1.33 bits per heavy atom. The smallest absolute Gasteiger partial charge is 0.248 e. The predicted octanol–water partition coefficient (Wildman–Crippen LogP) is 4.11. The van der Waals surface area contributed by atoms with Gasteiger partial charge in [-0.2, -0.15) is 0 Å². The summed E-state index contributed by atoms with van der Waals surface area (Å²) in [6.07, 6.45) is 1.01. The molecule has 1 aromatic heterocycles. The van der Waals surface area contributed by atoms with Crippen molar-refractivity contribution in [3.63, 3.8) is 0 Å². The fraction of sp³-hybridized carbons (Fsp3) is 0.667. The van der Waals surface area contributed by atoms with Gasteiger partial charge in [0.1, 0.15) is 10.4 Å². The topological polar surface area (TPSA) is 25.4 Å². The third-order valence-corrected chi connectivity index (χ3v) is 4.12. The van der Waals surface area contributed by atoms with E-state index in [0.29, 0.717) is 26.0 Å². The highest BCUT2D eigenvalue weighted by atomic mass is 79.9. The molecule has 21 heavy (non-hydrogen) atoms. The second-order valence-corrected chi connectivity index (χ2v) is 6.74. The summed E-state index contributed by atoms with van der Waals surface area (Å²) in [6.45, 7) is 1.16. The number of hydrogen-bond donors (Lipinski definition) is 0. The zero-order valence-electron chi connectivity index (χ0n) is 12.4. The van der Waals surface area contributed by atoms with Gasteiger partial charge in [0.15, 0.2) is 0 Å². The van der Waals surface area contributed by atoms with E-state index in [1.54, 1.807) is 0 Å². The highest BCUT2D eigenvalue weighted by Gasteiger charge is 2.35. The second kappa shape index (κ2) is 7.01. The molecular weight excluding hydrogens is 342 g/mol. The quantitative estimate of drug-likeness (QED) is 0.737. The maximum absolute atomic E-state index is 13.1. The minimum Gasteiger partial charge on any atom is -0.491 e. The van der Waals surface area contributed by atoms with E-state index in [1.165, 1.54) is 0 Å². The van der Waals surface area contributed by atoms with E-state index in [0.717, 1.165) is 16.0 Å². The normalized spacial score (nSPS) is 19.0. The number of halogens is 3. The van der Waals surface area contributed by atoms with Crippen molar-refractivity contribution in [3.8, 4) is 5.75 Å². The molecule has 118 valence electrons. The van der Waals surface area contributed by atoms with Crippen molar-refractivity contribution >= 4 is 15.9 Å². The molecule has 2 rings (SSSR count). The Morgan fingerprint density at radius 2 is 2.00 bits per heavy atom. The van der Waals surface area contributed by atoms with Gasteiger partial charge < -0.3 is 9.64 Å². The lowest BCUT2D eigenvalue weighted by molar-refractivity contribution is -0.0499. The molecule has 0 saturated heterocycles. The van der Waals surface area contributed by atoms with E-state index < -0.39 is 5.92 Å². The van der Waals surface area contributed by atoms with Crippen LogP contribution in [-0.2, 0) is 6.54 Å². The van der Waals surface area contributed by atoms with Crippen LogP contribution in [0.2, 0.25) is 0 Å². The van der Waals surface area contributed by atoms with E-state index in [4.69, 9.17) is 4.74 Å². The number of pyridine rings is 1. The molecule has 3 nitrogen and oxygen atoms in total. The Balaban J connectivity index is 1.94. The molecule has 1 saturated carbocycles. The van der Waals surface area contributed by atoms with Gasteiger partial charge >= 0.3 is 0 Å². The summed E-state index contributed by atoms with van der Waals surface area (Å²) in [5.41, 5.74) is 0.857. The van der Waals surface area contributed by atoms with E-state index in [-0.39, 0.29) is 18.8 Å². The first-order chi connectivity index (χ1) is 9.85. The highest BCUT2D eigenvalue weighted by Crippen LogP contribution is 2.36. The molecule has 0 spiro atoms. The highest BCUT2D eigenvalue weighted by molar-refractivity contribution is 9.10. The molecule has 0 amide bonds. The molecule has 6 heteroatoms. The molecular formula is C15H21BrF2N2O. The van der Waals surface area contributed by atoms with Gasteiger partial charge in [0.05, 0.1) is 12.3 Å². The summed E-state index contributed by atoms with van der Waals surface area (Å²) < 4.78 is 32.9. The summed E-state index contributed by atoms with van der Waals surface area (Å²) in [5.74, 6) is -1.53. The fourth-order valence-electron chi connectivity index (χ4n) is 2.48. The average molecular weight is 363 g/mol. The second-order valence-electron chi connectivity index (χ2n) is 5.93. The summed E-state index contributed by atoms with van der Waals surface area (Å²) in [4.78, 5) is 6.45. The van der Waals surface area contributed by atoms with Gasteiger partial charge in [0.25, 0.3) is 0 Å². The van der Waals surface area contributed by atoms with Gasteiger partial charge in [0, 0.05) is 19.4 Å². The average Bonchev–Trinajstić information content (AvgIpc) is 2.38. The molecule has 0 aliphatic heterocycles. The maximum atomic E-state index is 13.1. The summed E-state index contributed by atoms with van der Waals surface area (Å²) in [5, 5.41) is 0. The van der Waals surface area contributed by atoms with Crippen molar-refractivity contribution < 1.29 is 13.5 Å². The largest absolute Gasteiger partial charge is 0.491 e. The Hall–Kier alpha value is -0.750. The monoisotopic (exact) mass is 362 g/mol. The van der Waals surface area contributed by atoms with Crippen molar-refractivity contribution in [1.82, 2.24) is 9.88 Å². The lowest BCUT2D eigenvalue weighted by Crippen LogP contribution is -2.27. The maximum Gasteiger partial charge on any atom is 0.248 e. The van der Waals surface area contributed by atoms with Crippen molar-refractivity contribution in [2.75, 3.05) is 20.7 Å². The van der Waals surface area contributed by atoms with Crippen LogP contribution in [0.1, 0.15) is 31.4 Å². The Bertz CT molecular complexity index is 473. The Morgan fingerprint density at radius 3 is 2.62 bits per heavy atom. The van der Waals surface area contributed by atoms with Gasteiger partial charge in [-0.1, -0.05) is 0 Å². The number of nitrogens with zero attached hydrogens (tertiary/aromatic N) is 2. The molecule has 1 fully saturated rings. The number of aromatic nitrogens is 1. The van der Waals surface area contributed by atoms with Crippen LogP contribution >= 0.6 is 15.9 Å². The van der Waals surface area contributed by atoms with E-state index in [1.807, 2.05) is 31.1 Å². The van der Waals surface area contributed by atoms with Crippen molar-refractivity contribution in [3.05, 3.63) is 22.4 Å². The fourth-order valence-corrected chi connectivity index (χ4v) is 2.83. The van der Waals surface area contributed by atoms with Gasteiger partial charge in [-0.15, -0.1) is 0 Å². The molecule has 0 radical (unpaired) electrons. The zero-order valence-corrected chi connectivity index (χ0v) is 14.0. The van der Waals surface area contributed by atoms with Crippen LogP contribution in [0, 0.1) is 5.92 Å². The van der Waals surface area contributed by atoms with Gasteiger partial charge in [0.2, 0.25) is 5.92 Å². The lowest BCUT2D eigenvalue weighted by Gasteiger charge is -2.28. The van der Waals surface area contributed by atoms with Crippen LogP contribution in [0.15, 0.2) is 16.7 Å². The summed E-state index contributed by atoms with van der Waals surface area (Å²) in [7, 11) is 3.94. The first-order valence-electron chi connectivity index (χ1n) is 7.16. The number of alkyl halides is 2. The SMILES string of the molecule is CN(C)Cc1nc(Br)ccc1OCC1CCC(F)(F)CC1. The Labute approximate surface area is 132 Å². The molecule has 0 aromatic carbocycles. The van der Waals surface area contributed by atoms with E-state index in [2.05, 4.69) is 20.9 Å². The molecule has 0 N–H and O–H groups in total.